The van der Waals surface area contributed by atoms with Crippen LogP contribution in [-0.4, -0.2) is 10.5 Å². The molecule has 0 bridgehead atoms. The molecule has 0 aliphatic rings. The number of aromatic nitrogens is 1. The molecule has 106 valence electrons. The number of nitrogens with zero attached hydrogens (tertiary/aromatic N) is 1. The molecule has 0 aliphatic heterocycles. The monoisotopic (exact) mass is 342 g/mol. The van der Waals surface area contributed by atoms with Crippen molar-refractivity contribution in [3.05, 3.63) is 64.8 Å². The van der Waals surface area contributed by atoms with E-state index in [1.54, 1.807) is 0 Å². The van der Waals surface area contributed by atoms with Crippen LogP contribution >= 0.6 is 15.9 Å². The zero-order valence-corrected chi connectivity index (χ0v) is 13.2. The summed E-state index contributed by atoms with van der Waals surface area (Å²) >= 11 is 3.46. The number of benzene rings is 2. The third-order valence-electron chi connectivity index (χ3n) is 3.47. The molecular weight excluding hydrogens is 328 g/mol. The standard InChI is InChI=1S/C17H15BrN2O/c1-12-4-2-3-5-15(12)19-17(21)11-20-9-8-13-10-14(18)6-7-16(13)20/h2-10H,11H2,1H3,(H,19,21). The lowest BCUT2D eigenvalue weighted by Crippen LogP contribution is -2.18. The minimum absolute atomic E-state index is 0.0234. The first kappa shape index (κ1) is 13.9. The first-order valence-corrected chi connectivity index (χ1v) is 7.53. The fraction of sp³-hybridized carbons (Fsp3) is 0.118. The van der Waals surface area contributed by atoms with Crippen LogP contribution in [0.2, 0.25) is 0 Å². The van der Waals surface area contributed by atoms with Crippen LogP contribution in [0.1, 0.15) is 5.56 Å². The molecule has 3 nitrogen and oxygen atoms in total. The van der Waals surface area contributed by atoms with Crippen molar-refractivity contribution in [1.29, 1.82) is 0 Å². The van der Waals surface area contributed by atoms with E-state index in [4.69, 9.17) is 0 Å². The largest absolute Gasteiger partial charge is 0.338 e. The summed E-state index contributed by atoms with van der Waals surface area (Å²) in [4.78, 5) is 12.2. The summed E-state index contributed by atoms with van der Waals surface area (Å²) in [6.07, 6.45) is 1.94. The van der Waals surface area contributed by atoms with E-state index in [9.17, 15) is 4.79 Å². The number of hydrogen-bond donors (Lipinski definition) is 1. The SMILES string of the molecule is Cc1ccccc1NC(=O)Cn1ccc2cc(Br)ccc21. The van der Waals surface area contributed by atoms with Crippen LogP contribution in [0.15, 0.2) is 59.2 Å². The van der Waals surface area contributed by atoms with Gasteiger partial charge in [0.25, 0.3) is 0 Å². The number of para-hydroxylation sites is 1. The summed E-state index contributed by atoms with van der Waals surface area (Å²) in [6, 6.07) is 15.8. The molecule has 3 rings (SSSR count). The second kappa shape index (κ2) is 5.74. The topological polar surface area (TPSA) is 34.0 Å². The van der Waals surface area contributed by atoms with Crippen LogP contribution in [0, 0.1) is 6.92 Å². The van der Waals surface area contributed by atoms with Crippen molar-refractivity contribution >= 4 is 38.4 Å². The Labute approximate surface area is 131 Å². The molecule has 0 radical (unpaired) electrons. The average molecular weight is 343 g/mol. The molecule has 1 amide bonds. The number of hydrogen-bond acceptors (Lipinski definition) is 1. The maximum Gasteiger partial charge on any atom is 0.244 e. The fourth-order valence-corrected chi connectivity index (χ4v) is 2.75. The van der Waals surface area contributed by atoms with Crippen LogP contribution in [-0.2, 0) is 11.3 Å². The predicted octanol–water partition coefficient (Wildman–Crippen LogP) is 4.35. The molecule has 1 heterocycles. The highest BCUT2D eigenvalue weighted by molar-refractivity contribution is 9.10. The predicted molar refractivity (Wildman–Crippen MR) is 89.4 cm³/mol. The van der Waals surface area contributed by atoms with E-state index >= 15 is 0 Å². The summed E-state index contributed by atoms with van der Waals surface area (Å²) in [7, 11) is 0. The van der Waals surface area contributed by atoms with Gasteiger partial charge in [0.15, 0.2) is 0 Å². The normalized spacial score (nSPS) is 10.8. The lowest BCUT2D eigenvalue weighted by atomic mass is 10.2. The smallest absolute Gasteiger partial charge is 0.244 e. The van der Waals surface area contributed by atoms with Crippen molar-refractivity contribution in [2.45, 2.75) is 13.5 Å². The molecule has 0 atom stereocenters. The Morgan fingerprint density at radius 2 is 2.00 bits per heavy atom. The van der Waals surface area contributed by atoms with E-state index in [1.165, 1.54) is 0 Å². The molecule has 0 aliphatic carbocycles. The molecule has 0 unspecified atom stereocenters. The molecule has 4 heteroatoms. The molecule has 0 saturated carbocycles. The van der Waals surface area contributed by atoms with Gasteiger partial charge in [-0.05, 0) is 42.8 Å². The van der Waals surface area contributed by atoms with Crippen molar-refractivity contribution in [1.82, 2.24) is 4.57 Å². The van der Waals surface area contributed by atoms with Gasteiger partial charge in [-0.2, -0.15) is 0 Å². The molecule has 2 aromatic carbocycles. The number of aryl methyl sites for hydroxylation is 1. The number of nitrogens with one attached hydrogen (secondary N) is 1. The maximum atomic E-state index is 12.2. The minimum atomic E-state index is -0.0234. The Morgan fingerprint density at radius 1 is 1.19 bits per heavy atom. The number of halogens is 1. The lowest BCUT2D eigenvalue weighted by molar-refractivity contribution is -0.116. The van der Waals surface area contributed by atoms with Gasteiger partial charge in [0.1, 0.15) is 6.54 Å². The van der Waals surface area contributed by atoms with Crippen molar-refractivity contribution in [2.75, 3.05) is 5.32 Å². The third kappa shape index (κ3) is 3.00. The van der Waals surface area contributed by atoms with Crippen LogP contribution < -0.4 is 5.32 Å². The number of rotatable bonds is 3. The molecule has 0 spiro atoms. The molecule has 3 aromatic rings. The summed E-state index contributed by atoms with van der Waals surface area (Å²) in [5.41, 5.74) is 2.98. The summed E-state index contributed by atoms with van der Waals surface area (Å²) in [5.74, 6) is -0.0234. The van der Waals surface area contributed by atoms with E-state index in [1.807, 2.05) is 66.2 Å². The van der Waals surface area contributed by atoms with Crippen LogP contribution in [0.4, 0.5) is 5.69 Å². The van der Waals surface area contributed by atoms with Gasteiger partial charge in [-0.15, -0.1) is 0 Å². The minimum Gasteiger partial charge on any atom is -0.338 e. The average Bonchev–Trinajstić information content (AvgIpc) is 2.83. The molecule has 0 saturated heterocycles. The van der Waals surface area contributed by atoms with E-state index in [2.05, 4.69) is 21.2 Å². The first-order chi connectivity index (χ1) is 10.1. The highest BCUT2D eigenvalue weighted by Gasteiger charge is 2.08. The zero-order chi connectivity index (χ0) is 14.8. The van der Waals surface area contributed by atoms with E-state index < -0.39 is 0 Å². The Bertz CT molecular complexity index is 807. The number of carbonyl (C=O) groups is 1. The highest BCUT2D eigenvalue weighted by Crippen LogP contribution is 2.21. The number of amides is 1. The van der Waals surface area contributed by atoms with Gasteiger partial charge in [-0.25, -0.2) is 0 Å². The van der Waals surface area contributed by atoms with Crippen LogP contribution in [0.25, 0.3) is 10.9 Å². The summed E-state index contributed by atoms with van der Waals surface area (Å²) < 4.78 is 2.99. The third-order valence-corrected chi connectivity index (χ3v) is 3.96. The second-order valence-electron chi connectivity index (χ2n) is 5.01. The molecule has 21 heavy (non-hydrogen) atoms. The Balaban J connectivity index is 1.79. The van der Waals surface area contributed by atoms with Crippen molar-refractivity contribution in [3.8, 4) is 0 Å². The highest BCUT2D eigenvalue weighted by atomic mass is 79.9. The molecule has 1 aromatic heterocycles. The lowest BCUT2D eigenvalue weighted by Gasteiger charge is -2.09. The van der Waals surface area contributed by atoms with Crippen LogP contribution in [0.3, 0.4) is 0 Å². The van der Waals surface area contributed by atoms with Gasteiger partial charge in [0, 0.05) is 27.3 Å². The number of fused-ring (bicyclic) bond motifs is 1. The first-order valence-electron chi connectivity index (χ1n) is 6.73. The summed E-state index contributed by atoms with van der Waals surface area (Å²) in [6.45, 7) is 2.29. The van der Waals surface area contributed by atoms with E-state index in [0.29, 0.717) is 6.54 Å². The van der Waals surface area contributed by atoms with Gasteiger partial charge >= 0.3 is 0 Å². The van der Waals surface area contributed by atoms with Crippen molar-refractivity contribution < 1.29 is 4.79 Å². The van der Waals surface area contributed by atoms with Crippen molar-refractivity contribution in [2.24, 2.45) is 0 Å². The van der Waals surface area contributed by atoms with Gasteiger partial charge in [-0.3, -0.25) is 4.79 Å². The van der Waals surface area contributed by atoms with Gasteiger partial charge < -0.3 is 9.88 Å². The summed E-state index contributed by atoms with van der Waals surface area (Å²) in [5, 5.41) is 4.07. The molecular formula is C17H15BrN2O. The maximum absolute atomic E-state index is 12.2. The second-order valence-corrected chi connectivity index (χ2v) is 5.93. The Morgan fingerprint density at radius 3 is 2.81 bits per heavy atom. The molecule has 1 N–H and O–H groups in total. The van der Waals surface area contributed by atoms with E-state index in [-0.39, 0.29) is 5.91 Å². The van der Waals surface area contributed by atoms with E-state index in [0.717, 1.165) is 26.6 Å². The van der Waals surface area contributed by atoms with Gasteiger partial charge in [0.05, 0.1) is 0 Å². The van der Waals surface area contributed by atoms with Crippen LogP contribution in [0.5, 0.6) is 0 Å². The van der Waals surface area contributed by atoms with Gasteiger partial charge in [-0.1, -0.05) is 34.1 Å². The quantitative estimate of drug-likeness (QED) is 0.754. The Kier molecular flexibility index (Phi) is 3.80. The number of anilines is 1. The van der Waals surface area contributed by atoms with Crippen molar-refractivity contribution in [3.63, 3.8) is 0 Å². The van der Waals surface area contributed by atoms with Gasteiger partial charge in [0.2, 0.25) is 5.91 Å². The zero-order valence-electron chi connectivity index (χ0n) is 11.6. The fourth-order valence-electron chi connectivity index (χ4n) is 2.37. The Hall–Kier alpha value is -2.07. The molecule has 0 fully saturated rings. The number of carbonyl (C=O) groups excluding carboxylic acids is 1.